The highest BCUT2D eigenvalue weighted by Gasteiger charge is 2.15. The minimum absolute atomic E-state index is 0.565. The number of rotatable bonds is 2. The van der Waals surface area contributed by atoms with Gasteiger partial charge < -0.3 is 15.3 Å². The minimum atomic E-state index is -4.45. The van der Waals surface area contributed by atoms with Gasteiger partial charge in [-0.2, -0.15) is 8.42 Å². The van der Waals surface area contributed by atoms with Crippen LogP contribution >= 0.6 is 0 Å². The Morgan fingerprint density at radius 3 is 2.12 bits per heavy atom. The van der Waals surface area contributed by atoms with Crippen LogP contribution < -0.4 is 0 Å². The summed E-state index contributed by atoms with van der Waals surface area (Å²) in [6.45, 7) is 0. The molecule has 0 atom stereocenters. The number of aliphatic hydroxyl groups is 1. The Balaban J connectivity index is 0.00000106. The zero-order valence-electron chi connectivity index (χ0n) is 8.15. The number of aromatic hydroxyl groups is 1. The molecule has 0 spiro atoms. The molecule has 0 heterocycles. The summed E-state index contributed by atoms with van der Waals surface area (Å²) in [7, 11) is -3.45. The van der Waals surface area contributed by atoms with Crippen LogP contribution in [0.3, 0.4) is 0 Å². The molecule has 90 valence electrons. The van der Waals surface area contributed by atoms with Gasteiger partial charge in [0.1, 0.15) is 11.3 Å². The maximum Gasteiger partial charge on any atom is 0.339 e. The van der Waals surface area contributed by atoms with Crippen molar-refractivity contribution in [2.75, 3.05) is 7.11 Å². The zero-order chi connectivity index (χ0) is 12.9. The summed E-state index contributed by atoms with van der Waals surface area (Å²) in [5.74, 6) is -2.04. The van der Waals surface area contributed by atoms with Gasteiger partial charge in [0.15, 0.2) is 0 Å². The molecule has 0 saturated carbocycles. The lowest BCUT2D eigenvalue weighted by Gasteiger charge is -2.01. The molecular formula is C8H10O7S. The Morgan fingerprint density at radius 2 is 1.75 bits per heavy atom. The summed E-state index contributed by atoms with van der Waals surface area (Å²) >= 11 is 0. The van der Waals surface area contributed by atoms with E-state index in [-0.39, 0.29) is 0 Å². The van der Waals surface area contributed by atoms with Gasteiger partial charge in [-0.25, -0.2) is 4.79 Å². The fourth-order valence-electron chi connectivity index (χ4n) is 0.847. The van der Waals surface area contributed by atoms with Gasteiger partial charge in [0.05, 0.1) is 4.90 Å². The molecule has 0 saturated heterocycles. The summed E-state index contributed by atoms with van der Waals surface area (Å²) in [6.07, 6.45) is 0. The second kappa shape index (κ2) is 5.45. The van der Waals surface area contributed by atoms with Crippen LogP contribution in [0, 0.1) is 0 Å². The van der Waals surface area contributed by atoms with E-state index in [0.29, 0.717) is 6.07 Å². The van der Waals surface area contributed by atoms with Gasteiger partial charge in [-0.05, 0) is 18.2 Å². The number of hydrogen-bond acceptors (Lipinski definition) is 5. The average Bonchev–Trinajstić information content (AvgIpc) is 2.19. The predicted molar refractivity (Wildman–Crippen MR) is 53.0 cm³/mol. The van der Waals surface area contributed by atoms with Crippen LogP contribution in [0.15, 0.2) is 23.1 Å². The molecule has 0 aromatic heterocycles. The van der Waals surface area contributed by atoms with Gasteiger partial charge >= 0.3 is 5.97 Å². The molecule has 0 bridgehead atoms. The van der Waals surface area contributed by atoms with Crippen LogP contribution in [0.1, 0.15) is 10.4 Å². The van der Waals surface area contributed by atoms with Crippen LogP contribution in [0.5, 0.6) is 5.75 Å². The SMILES string of the molecule is CO.O=C(O)c1cc(S(=O)(=O)O)ccc1O. The van der Waals surface area contributed by atoms with E-state index in [0.717, 1.165) is 19.2 Å². The predicted octanol–water partition coefficient (Wildman–Crippen LogP) is -0.0544. The molecule has 0 radical (unpaired) electrons. The number of carboxylic acids is 1. The van der Waals surface area contributed by atoms with Crippen molar-refractivity contribution in [2.45, 2.75) is 4.90 Å². The first-order valence-electron chi connectivity index (χ1n) is 3.81. The molecule has 0 fully saturated rings. The Labute approximate surface area is 91.3 Å². The van der Waals surface area contributed by atoms with Crippen LogP contribution in [-0.2, 0) is 10.1 Å². The largest absolute Gasteiger partial charge is 0.507 e. The summed E-state index contributed by atoms with van der Waals surface area (Å²) in [5.41, 5.74) is -0.583. The van der Waals surface area contributed by atoms with Gasteiger partial charge in [-0.3, -0.25) is 4.55 Å². The van der Waals surface area contributed by atoms with Crippen molar-refractivity contribution in [1.82, 2.24) is 0 Å². The molecule has 4 N–H and O–H groups in total. The maximum atomic E-state index is 10.6. The van der Waals surface area contributed by atoms with Crippen molar-refractivity contribution in [3.8, 4) is 5.75 Å². The van der Waals surface area contributed by atoms with E-state index in [9.17, 15) is 13.2 Å². The monoisotopic (exact) mass is 250 g/mol. The molecule has 0 amide bonds. The number of carbonyl (C=O) groups is 1. The minimum Gasteiger partial charge on any atom is -0.507 e. The van der Waals surface area contributed by atoms with Gasteiger partial charge in [-0.1, -0.05) is 0 Å². The van der Waals surface area contributed by atoms with E-state index in [1.165, 1.54) is 0 Å². The number of carboxylic acid groups (broad SMARTS) is 1. The highest BCUT2D eigenvalue weighted by atomic mass is 32.2. The Hall–Kier alpha value is -1.64. The molecule has 0 unspecified atom stereocenters. The maximum absolute atomic E-state index is 10.6. The van der Waals surface area contributed by atoms with Crippen molar-refractivity contribution in [3.63, 3.8) is 0 Å². The average molecular weight is 250 g/mol. The molecular weight excluding hydrogens is 240 g/mol. The summed E-state index contributed by atoms with van der Waals surface area (Å²) in [4.78, 5) is 9.89. The summed E-state index contributed by atoms with van der Waals surface area (Å²) < 4.78 is 29.8. The van der Waals surface area contributed by atoms with Crippen LogP contribution in [0.25, 0.3) is 0 Å². The third-order valence-electron chi connectivity index (χ3n) is 1.50. The van der Waals surface area contributed by atoms with Gasteiger partial charge in [-0.15, -0.1) is 0 Å². The van der Waals surface area contributed by atoms with Gasteiger partial charge in [0, 0.05) is 7.11 Å². The highest BCUT2D eigenvalue weighted by molar-refractivity contribution is 7.85. The van der Waals surface area contributed by atoms with Crippen molar-refractivity contribution in [1.29, 1.82) is 0 Å². The quantitative estimate of drug-likeness (QED) is 0.540. The van der Waals surface area contributed by atoms with Crippen LogP contribution in [-0.4, -0.2) is 41.4 Å². The highest BCUT2D eigenvalue weighted by Crippen LogP contribution is 2.20. The molecule has 0 aliphatic carbocycles. The van der Waals surface area contributed by atoms with Crippen LogP contribution in [0.4, 0.5) is 0 Å². The van der Waals surface area contributed by atoms with E-state index in [1.54, 1.807) is 0 Å². The fraction of sp³-hybridized carbons (Fsp3) is 0.125. The first kappa shape index (κ1) is 14.4. The van der Waals surface area contributed by atoms with E-state index in [4.69, 9.17) is 19.9 Å². The summed E-state index contributed by atoms with van der Waals surface area (Å²) in [6, 6.07) is 2.46. The fourth-order valence-corrected chi connectivity index (χ4v) is 1.35. The second-order valence-corrected chi connectivity index (χ2v) is 3.88. The van der Waals surface area contributed by atoms with Crippen molar-refractivity contribution >= 4 is 16.1 Å². The lowest BCUT2D eigenvalue weighted by atomic mass is 10.2. The zero-order valence-corrected chi connectivity index (χ0v) is 8.97. The smallest absolute Gasteiger partial charge is 0.339 e. The topological polar surface area (TPSA) is 132 Å². The van der Waals surface area contributed by atoms with E-state index < -0.39 is 32.3 Å². The molecule has 1 rings (SSSR count). The Kier molecular flexibility index (Phi) is 4.89. The number of aromatic carboxylic acids is 1. The Morgan fingerprint density at radius 1 is 1.25 bits per heavy atom. The van der Waals surface area contributed by atoms with Gasteiger partial charge in [0.25, 0.3) is 10.1 Å². The molecule has 16 heavy (non-hydrogen) atoms. The molecule has 1 aromatic rings. The normalized spacial score (nSPS) is 10.2. The van der Waals surface area contributed by atoms with Crippen molar-refractivity contribution in [2.24, 2.45) is 0 Å². The van der Waals surface area contributed by atoms with E-state index in [1.807, 2.05) is 0 Å². The first-order chi connectivity index (χ1) is 7.32. The Bertz CT molecular complexity index is 477. The first-order valence-corrected chi connectivity index (χ1v) is 5.25. The molecule has 8 heteroatoms. The third-order valence-corrected chi connectivity index (χ3v) is 2.35. The molecule has 1 aromatic carbocycles. The third kappa shape index (κ3) is 3.50. The molecule has 0 aliphatic heterocycles. The lowest BCUT2D eigenvalue weighted by molar-refractivity contribution is 0.0693. The van der Waals surface area contributed by atoms with E-state index in [2.05, 4.69) is 0 Å². The lowest BCUT2D eigenvalue weighted by Crippen LogP contribution is -2.02. The molecule has 0 aliphatic rings. The van der Waals surface area contributed by atoms with Crippen molar-refractivity contribution < 1.29 is 33.1 Å². The standard InChI is InChI=1S/C7H6O6S.CH4O/c8-6-2-1-4(14(11,12)13)3-5(6)7(9)10;1-2/h1-3,8H,(H,9,10)(H,11,12,13);2H,1H3. The number of aliphatic hydroxyl groups excluding tert-OH is 1. The number of benzene rings is 1. The molecule has 7 nitrogen and oxygen atoms in total. The van der Waals surface area contributed by atoms with E-state index >= 15 is 0 Å². The number of hydrogen-bond donors (Lipinski definition) is 4. The van der Waals surface area contributed by atoms with Crippen molar-refractivity contribution in [3.05, 3.63) is 23.8 Å². The second-order valence-electron chi connectivity index (χ2n) is 2.46. The number of phenols is 1. The summed E-state index contributed by atoms with van der Waals surface area (Å²) in [5, 5.41) is 24.5. The van der Waals surface area contributed by atoms with Crippen LogP contribution in [0.2, 0.25) is 0 Å². The van der Waals surface area contributed by atoms with Gasteiger partial charge in [0.2, 0.25) is 0 Å².